The van der Waals surface area contributed by atoms with E-state index in [1.807, 2.05) is 0 Å². The molecule has 0 spiro atoms. The summed E-state index contributed by atoms with van der Waals surface area (Å²) in [5.74, 6) is -0.910. The van der Waals surface area contributed by atoms with Crippen molar-refractivity contribution in [3.05, 3.63) is 0 Å². The van der Waals surface area contributed by atoms with Crippen molar-refractivity contribution in [1.29, 1.82) is 0 Å². The van der Waals surface area contributed by atoms with Crippen molar-refractivity contribution >= 4 is 13.8 Å². The predicted octanol–water partition coefficient (Wildman–Crippen LogP) is 0.114. The van der Waals surface area contributed by atoms with Crippen LogP contribution in [0.5, 0.6) is 0 Å². The van der Waals surface area contributed by atoms with Gasteiger partial charge in [0.2, 0.25) is 0 Å². The molecule has 12 heavy (non-hydrogen) atoms. The first-order chi connectivity index (χ1) is 5.66. The molecule has 1 rings (SSSR count). The van der Waals surface area contributed by atoms with Crippen LogP contribution in [0, 0.1) is 0 Å². The van der Waals surface area contributed by atoms with Crippen molar-refractivity contribution in [2.24, 2.45) is 0 Å². The van der Waals surface area contributed by atoms with Crippen LogP contribution in [0.2, 0.25) is 0 Å². The molecule has 0 aliphatic carbocycles. The summed E-state index contributed by atoms with van der Waals surface area (Å²) >= 11 is 0. The lowest BCUT2D eigenvalue weighted by molar-refractivity contribution is 0.127. The van der Waals surface area contributed by atoms with E-state index >= 15 is 0 Å². The molecule has 0 radical (unpaired) electrons. The van der Waals surface area contributed by atoms with Gasteiger partial charge in [0, 0.05) is 13.1 Å². The second kappa shape index (κ2) is 3.69. The standard InChI is InChI=1S/C5H9N2O4P/c1-11-5(8)7-3-2-6-4(7)12(9)10/h4,6H,2-3H2,1H3. The number of nitrogens with one attached hydrogen (secondary N) is 1. The maximum Gasteiger partial charge on any atom is 0.411 e. The van der Waals surface area contributed by atoms with E-state index in [1.165, 1.54) is 7.11 Å². The van der Waals surface area contributed by atoms with Gasteiger partial charge in [-0.3, -0.25) is 10.2 Å². The van der Waals surface area contributed by atoms with E-state index < -0.39 is 19.7 Å². The van der Waals surface area contributed by atoms with Gasteiger partial charge in [0.05, 0.1) is 7.11 Å². The molecule has 1 atom stereocenters. The summed E-state index contributed by atoms with van der Waals surface area (Å²) in [5, 5.41) is 2.65. The van der Waals surface area contributed by atoms with E-state index in [1.54, 1.807) is 0 Å². The Hall–Kier alpha value is -0.870. The monoisotopic (exact) mass is 192 g/mol. The normalized spacial score (nSPS) is 22.4. The van der Waals surface area contributed by atoms with Gasteiger partial charge in [0.1, 0.15) is 0 Å². The van der Waals surface area contributed by atoms with Gasteiger partial charge in [-0.2, -0.15) is 0 Å². The van der Waals surface area contributed by atoms with E-state index in [0.717, 1.165) is 4.90 Å². The number of rotatable bonds is 1. The van der Waals surface area contributed by atoms with Crippen molar-refractivity contribution in [2.75, 3.05) is 20.2 Å². The largest absolute Gasteiger partial charge is 0.453 e. The lowest BCUT2D eigenvalue weighted by Gasteiger charge is -2.15. The molecule has 1 aliphatic heterocycles. The molecule has 1 N–H and O–H groups in total. The van der Waals surface area contributed by atoms with Crippen LogP contribution in [-0.2, 0) is 13.9 Å². The van der Waals surface area contributed by atoms with E-state index in [2.05, 4.69) is 10.1 Å². The zero-order chi connectivity index (χ0) is 9.14. The lowest BCUT2D eigenvalue weighted by Crippen LogP contribution is -2.36. The first kappa shape index (κ1) is 9.22. The zero-order valence-electron chi connectivity index (χ0n) is 6.52. The number of ether oxygens (including phenoxy) is 1. The van der Waals surface area contributed by atoms with Crippen LogP contribution in [0.1, 0.15) is 0 Å². The molecule has 0 aromatic carbocycles. The number of amides is 1. The van der Waals surface area contributed by atoms with Crippen LogP contribution in [-0.4, -0.2) is 37.1 Å². The minimum Gasteiger partial charge on any atom is -0.453 e. The van der Waals surface area contributed by atoms with Crippen LogP contribution in [0.4, 0.5) is 4.79 Å². The smallest absolute Gasteiger partial charge is 0.411 e. The summed E-state index contributed by atoms with van der Waals surface area (Å²) in [6.45, 7) is 0.837. The predicted molar refractivity (Wildman–Crippen MR) is 39.2 cm³/mol. The van der Waals surface area contributed by atoms with E-state index in [9.17, 15) is 13.9 Å². The summed E-state index contributed by atoms with van der Waals surface area (Å²) < 4.78 is 25.5. The topological polar surface area (TPSA) is 75.7 Å². The third-order valence-electron chi connectivity index (χ3n) is 1.58. The Bertz CT molecular complexity index is 244. The molecule has 0 aromatic heterocycles. The molecule has 0 aromatic rings. The molecular formula is C5H9N2O4P. The highest BCUT2D eigenvalue weighted by Crippen LogP contribution is 2.20. The Kier molecular flexibility index (Phi) is 2.83. The molecule has 1 aliphatic rings. The van der Waals surface area contributed by atoms with E-state index in [0.29, 0.717) is 13.1 Å². The molecule has 1 unspecified atom stereocenters. The maximum atomic E-state index is 10.9. The van der Waals surface area contributed by atoms with Crippen molar-refractivity contribution < 1.29 is 18.7 Å². The van der Waals surface area contributed by atoms with Crippen molar-refractivity contribution in [3.8, 4) is 0 Å². The summed E-state index contributed by atoms with van der Waals surface area (Å²) in [4.78, 5) is 12.1. The highest BCUT2D eigenvalue weighted by molar-refractivity contribution is 7.31. The van der Waals surface area contributed by atoms with Gasteiger partial charge < -0.3 is 4.74 Å². The fourth-order valence-electron chi connectivity index (χ4n) is 1.04. The summed E-state index contributed by atoms with van der Waals surface area (Å²) in [5.41, 5.74) is 0. The molecule has 1 heterocycles. The van der Waals surface area contributed by atoms with Crippen LogP contribution in [0.3, 0.4) is 0 Å². The number of hydrogen-bond donors (Lipinski definition) is 1. The van der Waals surface area contributed by atoms with Gasteiger partial charge in [-0.15, -0.1) is 0 Å². The van der Waals surface area contributed by atoms with Crippen LogP contribution in [0.25, 0.3) is 0 Å². The minimum atomic E-state index is -2.67. The van der Waals surface area contributed by atoms with Crippen LogP contribution >= 0.6 is 7.68 Å². The molecule has 7 heteroatoms. The maximum absolute atomic E-state index is 10.9. The number of carbonyl (C=O) groups is 1. The Balaban J connectivity index is 2.70. The summed E-state index contributed by atoms with van der Waals surface area (Å²) in [6, 6.07) is 0. The molecular weight excluding hydrogens is 183 g/mol. The highest BCUT2D eigenvalue weighted by atomic mass is 31.1. The highest BCUT2D eigenvalue weighted by Gasteiger charge is 2.32. The quantitative estimate of drug-likeness (QED) is 0.597. The van der Waals surface area contributed by atoms with Gasteiger partial charge in [-0.1, -0.05) is 0 Å². The lowest BCUT2D eigenvalue weighted by atomic mass is 10.6. The zero-order valence-corrected chi connectivity index (χ0v) is 7.41. The molecule has 1 saturated heterocycles. The second-order valence-electron chi connectivity index (χ2n) is 2.28. The van der Waals surface area contributed by atoms with Crippen molar-refractivity contribution in [1.82, 2.24) is 10.2 Å². The Labute approximate surface area is 69.7 Å². The third kappa shape index (κ3) is 1.65. The van der Waals surface area contributed by atoms with Crippen LogP contribution < -0.4 is 5.32 Å². The molecule has 0 saturated carbocycles. The van der Waals surface area contributed by atoms with E-state index in [-0.39, 0.29) is 0 Å². The first-order valence-electron chi connectivity index (χ1n) is 3.38. The number of hydrogen-bond acceptors (Lipinski definition) is 5. The van der Waals surface area contributed by atoms with E-state index in [4.69, 9.17) is 0 Å². The first-order valence-corrected chi connectivity index (χ1v) is 4.63. The third-order valence-corrected chi connectivity index (χ3v) is 2.44. The Morgan fingerprint density at radius 1 is 1.67 bits per heavy atom. The van der Waals surface area contributed by atoms with Gasteiger partial charge in [-0.05, 0) is 0 Å². The fourth-order valence-corrected chi connectivity index (χ4v) is 1.76. The average Bonchev–Trinajstić information content (AvgIpc) is 2.50. The number of nitrogens with zero attached hydrogens (tertiary/aromatic N) is 1. The van der Waals surface area contributed by atoms with Gasteiger partial charge in [-0.25, -0.2) is 13.9 Å². The number of methoxy groups -OCH3 is 1. The molecule has 68 valence electrons. The van der Waals surface area contributed by atoms with Gasteiger partial charge in [0.15, 0.2) is 5.91 Å². The second-order valence-corrected chi connectivity index (χ2v) is 3.34. The minimum absolute atomic E-state index is 0.362. The van der Waals surface area contributed by atoms with Crippen LogP contribution in [0.15, 0.2) is 0 Å². The fraction of sp³-hybridized carbons (Fsp3) is 0.800. The Morgan fingerprint density at radius 2 is 2.33 bits per heavy atom. The van der Waals surface area contributed by atoms with Gasteiger partial charge in [0.25, 0.3) is 0 Å². The SMILES string of the molecule is COC(=O)N1CCNC1P(=O)=O. The Morgan fingerprint density at radius 3 is 2.83 bits per heavy atom. The van der Waals surface area contributed by atoms with Crippen molar-refractivity contribution in [2.45, 2.75) is 5.91 Å². The molecule has 1 fully saturated rings. The van der Waals surface area contributed by atoms with Gasteiger partial charge >= 0.3 is 13.8 Å². The molecule has 6 nitrogen and oxygen atoms in total. The summed E-state index contributed by atoms with van der Waals surface area (Å²) in [7, 11) is -1.45. The molecule has 1 amide bonds. The average molecular weight is 192 g/mol. The summed E-state index contributed by atoms with van der Waals surface area (Å²) in [6.07, 6.45) is -0.621. The molecule has 0 bridgehead atoms. The number of carbonyl (C=O) groups excluding carboxylic acids is 1. The van der Waals surface area contributed by atoms with Crippen molar-refractivity contribution in [3.63, 3.8) is 0 Å².